The van der Waals surface area contributed by atoms with Crippen LogP contribution >= 0.6 is 11.3 Å². The van der Waals surface area contributed by atoms with Gasteiger partial charge in [-0.25, -0.2) is 9.67 Å². The summed E-state index contributed by atoms with van der Waals surface area (Å²) in [6, 6.07) is 2.08. The summed E-state index contributed by atoms with van der Waals surface area (Å²) in [4.78, 5) is 4.25. The van der Waals surface area contributed by atoms with Crippen molar-refractivity contribution in [1.82, 2.24) is 14.8 Å². The predicted molar refractivity (Wildman–Crippen MR) is 61.0 cm³/mol. The first-order valence-corrected chi connectivity index (χ1v) is 5.89. The number of thiophene rings is 1. The Bertz CT molecular complexity index is 434. The molecule has 2 aromatic heterocycles. The van der Waals surface area contributed by atoms with Crippen molar-refractivity contribution in [3.05, 3.63) is 34.5 Å². The molecule has 2 heterocycles. The first kappa shape index (κ1) is 13.6. The van der Waals surface area contributed by atoms with E-state index >= 15 is 0 Å². The second kappa shape index (κ2) is 5.21. The maximum Gasteiger partial charge on any atom is 0.150 e. The molecule has 0 aromatic carbocycles. The van der Waals surface area contributed by atoms with Crippen LogP contribution in [-0.4, -0.2) is 14.8 Å². The molecule has 0 atom stereocenters. The van der Waals surface area contributed by atoms with E-state index in [2.05, 4.69) is 42.3 Å². The monoisotopic (exact) mass is 413 g/mol. The Morgan fingerprint density at radius 2 is 2.25 bits per heavy atom. The first-order valence-electron chi connectivity index (χ1n) is 5.01. The number of aromatic nitrogens is 3. The minimum Gasteiger partial charge on any atom is -0.303 e. The zero-order valence-corrected chi connectivity index (χ0v) is 12.7. The second-order valence-electron chi connectivity index (χ2n) is 3.95. The van der Waals surface area contributed by atoms with E-state index in [9.17, 15) is 0 Å². The Morgan fingerprint density at radius 1 is 1.50 bits per heavy atom. The average Bonchev–Trinajstić information content (AvgIpc) is 2.89. The van der Waals surface area contributed by atoms with Gasteiger partial charge in [-0.05, 0) is 13.8 Å². The SMILES string of the molecule is CCc1ncn(C(C)(C)c2[c-]scc2)n1.[Ir]. The van der Waals surface area contributed by atoms with Gasteiger partial charge in [0.15, 0.2) is 0 Å². The van der Waals surface area contributed by atoms with Crippen LogP contribution in [0.2, 0.25) is 0 Å². The van der Waals surface area contributed by atoms with Crippen molar-refractivity contribution in [3.63, 3.8) is 0 Å². The normalized spacial score (nSPS) is 11.2. The molecule has 0 aliphatic carbocycles. The molecule has 0 N–H and O–H groups in total. The van der Waals surface area contributed by atoms with E-state index in [0.29, 0.717) is 0 Å². The van der Waals surface area contributed by atoms with Crippen LogP contribution in [0.5, 0.6) is 0 Å². The molecule has 0 bridgehead atoms. The summed E-state index contributed by atoms with van der Waals surface area (Å²) in [5, 5.41) is 9.74. The van der Waals surface area contributed by atoms with Gasteiger partial charge >= 0.3 is 0 Å². The summed E-state index contributed by atoms with van der Waals surface area (Å²) < 4.78 is 1.91. The van der Waals surface area contributed by atoms with E-state index < -0.39 is 0 Å². The predicted octanol–water partition coefficient (Wildman–Crippen LogP) is 2.48. The molecule has 3 nitrogen and oxygen atoms in total. The van der Waals surface area contributed by atoms with Crippen LogP contribution in [-0.2, 0) is 32.1 Å². The fourth-order valence-corrected chi connectivity index (χ4v) is 2.13. The van der Waals surface area contributed by atoms with Gasteiger partial charge in [0.05, 0.1) is 5.54 Å². The van der Waals surface area contributed by atoms with Crippen LogP contribution in [0, 0.1) is 5.38 Å². The fourth-order valence-electron chi connectivity index (χ4n) is 1.41. The number of rotatable bonds is 3. The molecule has 16 heavy (non-hydrogen) atoms. The van der Waals surface area contributed by atoms with E-state index in [0.717, 1.165) is 17.8 Å². The molecule has 0 saturated heterocycles. The quantitative estimate of drug-likeness (QED) is 0.726. The van der Waals surface area contributed by atoms with Gasteiger partial charge in [-0.2, -0.15) is 16.5 Å². The van der Waals surface area contributed by atoms with Gasteiger partial charge in [0.1, 0.15) is 12.2 Å². The van der Waals surface area contributed by atoms with Crippen molar-refractivity contribution in [2.24, 2.45) is 0 Å². The van der Waals surface area contributed by atoms with E-state index in [4.69, 9.17) is 0 Å². The third-order valence-electron chi connectivity index (χ3n) is 2.56. The Morgan fingerprint density at radius 3 is 2.75 bits per heavy atom. The minimum absolute atomic E-state index is 0. The zero-order valence-electron chi connectivity index (χ0n) is 9.52. The number of aryl methyl sites for hydroxylation is 1. The van der Waals surface area contributed by atoms with Gasteiger partial charge in [-0.3, -0.25) is 0 Å². The van der Waals surface area contributed by atoms with Crippen molar-refractivity contribution in [2.45, 2.75) is 32.7 Å². The molecule has 0 aliphatic heterocycles. The van der Waals surface area contributed by atoms with Crippen molar-refractivity contribution in [1.29, 1.82) is 0 Å². The fraction of sp³-hybridized carbons (Fsp3) is 0.455. The van der Waals surface area contributed by atoms with Crippen LogP contribution in [0.4, 0.5) is 0 Å². The van der Waals surface area contributed by atoms with Crippen molar-refractivity contribution < 1.29 is 20.1 Å². The maximum atomic E-state index is 4.45. The molecule has 2 rings (SSSR count). The van der Waals surface area contributed by atoms with Gasteiger partial charge in [0.2, 0.25) is 0 Å². The maximum absolute atomic E-state index is 4.45. The van der Waals surface area contributed by atoms with Gasteiger partial charge < -0.3 is 11.3 Å². The standard InChI is InChI=1S/C11H14N3S.Ir/c1-4-10-12-8-14(13-10)11(2,3)9-5-6-15-7-9;/h5-6,8H,4H2,1-3H3;/q-1;. The van der Waals surface area contributed by atoms with Crippen LogP contribution in [0.3, 0.4) is 0 Å². The summed E-state index contributed by atoms with van der Waals surface area (Å²) in [5.41, 5.74) is 0.987. The van der Waals surface area contributed by atoms with Crippen LogP contribution in [0.25, 0.3) is 0 Å². The third kappa shape index (κ3) is 2.42. The topological polar surface area (TPSA) is 30.7 Å². The minimum atomic E-state index is -0.166. The molecule has 0 unspecified atom stereocenters. The van der Waals surface area contributed by atoms with E-state index in [-0.39, 0.29) is 25.6 Å². The molecule has 0 amide bonds. The number of hydrogen-bond donors (Lipinski definition) is 0. The van der Waals surface area contributed by atoms with Gasteiger partial charge in [-0.15, -0.1) is 10.9 Å². The van der Waals surface area contributed by atoms with Crippen molar-refractivity contribution in [3.8, 4) is 0 Å². The molecular weight excluding hydrogens is 398 g/mol. The summed E-state index contributed by atoms with van der Waals surface area (Å²) in [7, 11) is 0. The molecule has 0 saturated carbocycles. The summed E-state index contributed by atoms with van der Waals surface area (Å²) in [6.07, 6.45) is 2.67. The molecule has 0 spiro atoms. The summed E-state index contributed by atoms with van der Waals surface area (Å²) >= 11 is 1.59. The first-order chi connectivity index (χ1) is 7.14. The average molecular weight is 413 g/mol. The molecule has 0 fully saturated rings. The molecule has 5 heteroatoms. The molecule has 1 radical (unpaired) electrons. The number of nitrogens with zero attached hydrogens (tertiary/aromatic N) is 3. The third-order valence-corrected chi connectivity index (χ3v) is 3.17. The van der Waals surface area contributed by atoms with Crippen molar-refractivity contribution in [2.75, 3.05) is 0 Å². The largest absolute Gasteiger partial charge is 0.303 e. The Balaban J connectivity index is 0.00000128. The zero-order chi connectivity index (χ0) is 10.9. The van der Waals surface area contributed by atoms with E-state index in [1.54, 1.807) is 17.7 Å². The van der Waals surface area contributed by atoms with E-state index in [1.807, 2.05) is 10.1 Å². The van der Waals surface area contributed by atoms with Crippen LogP contribution in [0.15, 0.2) is 17.8 Å². The summed E-state index contributed by atoms with van der Waals surface area (Å²) in [6.45, 7) is 6.31. The van der Waals surface area contributed by atoms with Crippen LogP contribution < -0.4 is 0 Å². The molecular formula is C11H14IrN3S-. The molecule has 89 valence electrons. The van der Waals surface area contributed by atoms with Gasteiger partial charge in [-0.1, -0.05) is 6.92 Å². The molecule has 0 aliphatic rings. The summed E-state index contributed by atoms with van der Waals surface area (Å²) in [5.74, 6) is 0.887. The Hall–Kier alpha value is -0.511. The van der Waals surface area contributed by atoms with Crippen LogP contribution in [0.1, 0.15) is 32.2 Å². The Kier molecular flexibility index (Phi) is 4.42. The second-order valence-corrected chi connectivity index (χ2v) is 4.67. The van der Waals surface area contributed by atoms with Gasteiger partial charge in [0, 0.05) is 26.5 Å². The van der Waals surface area contributed by atoms with E-state index in [1.165, 1.54) is 0 Å². The Labute approximate surface area is 113 Å². The van der Waals surface area contributed by atoms with Gasteiger partial charge in [0.25, 0.3) is 0 Å². The van der Waals surface area contributed by atoms with Crippen molar-refractivity contribution >= 4 is 11.3 Å². The number of hydrogen-bond acceptors (Lipinski definition) is 3. The molecule has 2 aromatic rings. The smallest absolute Gasteiger partial charge is 0.150 e.